The van der Waals surface area contributed by atoms with E-state index in [0.29, 0.717) is 26.4 Å². The van der Waals surface area contributed by atoms with E-state index in [1.54, 1.807) is 0 Å². The molecular formula is C21H26O4. The number of hydrogen-bond donors (Lipinski definition) is 0. The summed E-state index contributed by atoms with van der Waals surface area (Å²) >= 11 is 0. The molecule has 4 heteroatoms. The van der Waals surface area contributed by atoms with E-state index in [0.717, 1.165) is 11.1 Å². The normalized spacial score (nSPS) is 22.2. The molecule has 4 nitrogen and oxygen atoms in total. The number of rotatable bonds is 8. The molecule has 2 atom stereocenters. The molecule has 2 unspecified atom stereocenters. The van der Waals surface area contributed by atoms with Gasteiger partial charge in [-0.15, -0.1) is 0 Å². The molecule has 25 heavy (non-hydrogen) atoms. The Labute approximate surface area is 149 Å². The Morgan fingerprint density at radius 2 is 1.12 bits per heavy atom. The summed E-state index contributed by atoms with van der Waals surface area (Å²) in [6.07, 6.45) is -0.260. The van der Waals surface area contributed by atoms with Crippen molar-refractivity contribution in [1.82, 2.24) is 0 Å². The molecule has 1 fully saturated rings. The van der Waals surface area contributed by atoms with Crippen LogP contribution in [-0.2, 0) is 32.2 Å². The maximum Gasteiger partial charge on any atom is 0.163 e. The molecule has 0 bridgehead atoms. The second kappa shape index (κ2) is 8.59. The van der Waals surface area contributed by atoms with Gasteiger partial charge < -0.3 is 18.9 Å². The van der Waals surface area contributed by atoms with Crippen molar-refractivity contribution in [3.8, 4) is 0 Å². The molecule has 0 saturated carbocycles. The van der Waals surface area contributed by atoms with Crippen molar-refractivity contribution in [2.75, 3.05) is 13.2 Å². The smallest absolute Gasteiger partial charge is 0.163 e. The molecule has 0 spiro atoms. The number of benzene rings is 2. The van der Waals surface area contributed by atoms with Gasteiger partial charge in [0.25, 0.3) is 0 Å². The van der Waals surface area contributed by atoms with Gasteiger partial charge in [0.05, 0.1) is 26.4 Å². The molecule has 1 saturated heterocycles. The minimum atomic E-state index is -0.610. The fourth-order valence-corrected chi connectivity index (χ4v) is 2.93. The van der Waals surface area contributed by atoms with Gasteiger partial charge in [0.15, 0.2) is 5.79 Å². The van der Waals surface area contributed by atoms with E-state index >= 15 is 0 Å². The Morgan fingerprint density at radius 3 is 1.52 bits per heavy atom. The van der Waals surface area contributed by atoms with Gasteiger partial charge in [-0.25, -0.2) is 0 Å². The minimum Gasteiger partial charge on any atom is -0.374 e. The van der Waals surface area contributed by atoms with Gasteiger partial charge in [0.1, 0.15) is 12.2 Å². The molecule has 0 N–H and O–H groups in total. The first kappa shape index (κ1) is 18.1. The van der Waals surface area contributed by atoms with Crippen molar-refractivity contribution in [3.05, 3.63) is 71.8 Å². The Kier molecular flexibility index (Phi) is 6.21. The van der Waals surface area contributed by atoms with Crippen molar-refractivity contribution < 1.29 is 18.9 Å². The minimum absolute atomic E-state index is 0.130. The van der Waals surface area contributed by atoms with Gasteiger partial charge in [0, 0.05) is 0 Å². The highest BCUT2D eigenvalue weighted by molar-refractivity contribution is 5.14. The van der Waals surface area contributed by atoms with E-state index in [2.05, 4.69) is 24.3 Å². The maximum absolute atomic E-state index is 5.97. The number of ether oxygens (including phenoxy) is 4. The summed E-state index contributed by atoms with van der Waals surface area (Å²) in [6.45, 7) is 5.95. The Hall–Kier alpha value is -1.72. The average molecular weight is 342 g/mol. The van der Waals surface area contributed by atoms with E-state index < -0.39 is 5.79 Å². The van der Waals surface area contributed by atoms with E-state index in [4.69, 9.17) is 18.9 Å². The zero-order valence-electron chi connectivity index (χ0n) is 14.9. The van der Waals surface area contributed by atoms with Crippen LogP contribution >= 0.6 is 0 Å². The summed E-state index contributed by atoms with van der Waals surface area (Å²) in [5, 5.41) is 0. The predicted molar refractivity (Wildman–Crippen MR) is 96.0 cm³/mol. The second-order valence-electron chi connectivity index (χ2n) is 6.71. The van der Waals surface area contributed by atoms with E-state index in [-0.39, 0.29) is 12.2 Å². The van der Waals surface area contributed by atoms with Gasteiger partial charge in [-0.05, 0) is 25.0 Å². The van der Waals surface area contributed by atoms with Crippen molar-refractivity contribution in [2.45, 2.75) is 45.1 Å². The summed E-state index contributed by atoms with van der Waals surface area (Å²) in [5.41, 5.74) is 2.30. The van der Waals surface area contributed by atoms with Crippen molar-refractivity contribution in [1.29, 1.82) is 0 Å². The Balaban J connectivity index is 1.46. The van der Waals surface area contributed by atoms with Crippen LogP contribution in [0.2, 0.25) is 0 Å². The lowest BCUT2D eigenvalue weighted by atomic mass is 10.2. The van der Waals surface area contributed by atoms with Crippen molar-refractivity contribution >= 4 is 0 Å². The zero-order valence-corrected chi connectivity index (χ0v) is 14.9. The number of hydrogen-bond acceptors (Lipinski definition) is 4. The highest BCUT2D eigenvalue weighted by Crippen LogP contribution is 2.29. The van der Waals surface area contributed by atoms with Gasteiger partial charge >= 0.3 is 0 Å². The Bertz CT molecular complexity index is 571. The lowest BCUT2D eigenvalue weighted by Gasteiger charge is -2.17. The lowest BCUT2D eigenvalue weighted by Crippen LogP contribution is -2.31. The van der Waals surface area contributed by atoms with Gasteiger partial charge in [0.2, 0.25) is 0 Å². The van der Waals surface area contributed by atoms with E-state index in [9.17, 15) is 0 Å². The topological polar surface area (TPSA) is 36.9 Å². The van der Waals surface area contributed by atoms with Crippen LogP contribution in [0.1, 0.15) is 25.0 Å². The fourth-order valence-electron chi connectivity index (χ4n) is 2.93. The van der Waals surface area contributed by atoms with Crippen LogP contribution in [0, 0.1) is 0 Å². The summed E-state index contributed by atoms with van der Waals surface area (Å²) in [5.74, 6) is -0.610. The van der Waals surface area contributed by atoms with Crippen LogP contribution in [0.25, 0.3) is 0 Å². The highest BCUT2D eigenvalue weighted by atomic mass is 16.8. The molecule has 0 amide bonds. The molecule has 2 aromatic rings. The van der Waals surface area contributed by atoms with Crippen LogP contribution < -0.4 is 0 Å². The Morgan fingerprint density at radius 1 is 0.720 bits per heavy atom. The molecule has 0 aliphatic carbocycles. The summed E-state index contributed by atoms with van der Waals surface area (Å²) in [6, 6.07) is 20.3. The molecule has 3 rings (SSSR count). The summed E-state index contributed by atoms with van der Waals surface area (Å²) in [7, 11) is 0. The van der Waals surface area contributed by atoms with E-state index in [1.807, 2.05) is 50.2 Å². The zero-order chi connectivity index (χ0) is 17.5. The standard InChI is InChI=1S/C21H26O4/c1-21(2)24-19(15-22-13-17-9-5-3-6-10-17)20(25-21)16-23-14-18-11-7-4-8-12-18/h3-12,19-20H,13-16H2,1-2H3. The van der Waals surface area contributed by atoms with Gasteiger partial charge in [-0.3, -0.25) is 0 Å². The predicted octanol–water partition coefficient (Wildman–Crippen LogP) is 3.94. The first-order valence-corrected chi connectivity index (χ1v) is 8.71. The quantitative estimate of drug-likeness (QED) is 0.728. The molecule has 134 valence electrons. The van der Waals surface area contributed by atoms with Crippen molar-refractivity contribution in [3.63, 3.8) is 0 Å². The third kappa shape index (κ3) is 5.65. The molecule has 1 aliphatic rings. The first-order valence-electron chi connectivity index (χ1n) is 8.71. The summed E-state index contributed by atoms with van der Waals surface area (Å²) in [4.78, 5) is 0. The second-order valence-corrected chi connectivity index (χ2v) is 6.71. The average Bonchev–Trinajstić information content (AvgIpc) is 2.91. The largest absolute Gasteiger partial charge is 0.374 e. The lowest BCUT2D eigenvalue weighted by molar-refractivity contribution is -0.154. The van der Waals surface area contributed by atoms with Crippen LogP contribution in [0.4, 0.5) is 0 Å². The van der Waals surface area contributed by atoms with Crippen LogP contribution in [0.5, 0.6) is 0 Å². The fraction of sp³-hybridized carbons (Fsp3) is 0.429. The third-order valence-corrected chi connectivity index (χ3v) is 4.07. The summed E-state index contributed by atoms with van der Waals surface area (Å²) < 4.78 is 23.6. The maximum atomic E-state index is 5.97. The molecule has 2 aromatic carbocycles. The van der Waals surface area contributed by atoms with Gasteiger partial charge in [-0.2, -0.15) is 0 Å². The molecule has 0 radical (unpaired) electrons. The molecule has 1 aliphatic heterocycles. The van der Waals surface area contributed by atoms with Gasteiger partial charge in [-0.1, -0.05) is 60.7 Å². The van der Waals surface area contributed by atoms with E-state index in [1.165, 1.54) is 0 Å². The van der Waals surface area contributed by atoms with Crippen LogP contribution in [-0.4, -0.2) is 31.2 Å². The first-order chi connectivity index (χ1) is 12.1. The van der Waals surface area contributed by atoms with Crippen molar-refractivity contribution in [2.24, 2.45) is 0 Å². The monoisotopic (exact) mass is 342 g/mol. The highest BCUT2D eigenvalue weighted by Gasteiger charge is 2.41. The van der Waals surface area contributed by atoms with Crippen LogP contribution in [0.15, 0.2) is 60.7 Å². The SMILES string of the molecule is CC1(C)OC(COCc2ccccc2)C(COCc2ccccc2)O1. The molecule has 1 heterocycles. The molecular weight excluding hydrogens is 316 g/mol. The van der Waals surface area contributed by atoms with Crippen LogP contribution in [0.3, 0.4) is 0 Å². The molecule has 0 aromatic heterocycles. The third-order valence-electron chi connectivity index (χ3n) is 4.07.